The zero-order chi connectivity index (χ0) is 24.6. The summed E-state index contributed by atoms with van der Waals surface area (Å²) >= 11 is 3.55. The first-order valence-electron chi connectivity index (χ1n) is 11.0. The van der Waals surface area contributed by atoms with Crippen molar-refractivity contribution in [3.8, 4) is 17.6 Å². The summed E-state index contributed by atoms with van der Waals surface area (Å²) in [6.07, 6.45) is 1.53. The molecule has 0 unspecified atom stereocenters. The van der Waals surface area contributed by atoms with E-state index in [1.54, 1.807) is 19.2 Å². The number of amides is 1. The van der Waals surface area contributed by atoms with Crippen LogP contribution in [0.3, 0.4) is 0 Å². The molecule has 0 heterocycles. The van der Waals surface area contributed by atoms with Gasteiger partial charge in [0.25, 0.3) is 5.91 Å². The molecule has 0 saturated heterocycles. The van der Waals surface area contributed by atoms with Gasteiger partial charge in [-0.05, 0) is 61.6 Å². The number of ether oxygens (including phenoxy) is 2. The number of rotatable bonds is 8. The monoisotopic (exact) mass is 526 g/mol. The van der Waals surface area contributed by atoms with Gasteiger partial charge in [0.05, 0.1) is 11.6 Å². The summed E-state index contributed by atoms with van der Waals surface area (Å²) in [7, 11) is 1.55. The van der Waals surface area contributed by atoms with Crippen molar-refractivity contribution in [1.29, 1.82) is 5.26 Å². The van der Waals surface area contributed by atoms with Crippen LogP contribution in [-0.2, 0) is 17.9 Å². The zero-order valence-electron chi connectivity index (χ0n) is 19.1. The average molecular weight is 527 g/mol. The second kappa shape index (κ2) is 11.4. The van der Waals surface area contributed by atoms with E-state index in [-0.39, 0.29) is 5.57 Å². The van der Waals surface area contributed by atoms with Gasteiger partial charge < -0.3 is 14.8 Å². The Hall–Kier alpha value is -4.08. The van der Waals surface area contributed by atoms with E-state index in [1.807, 2.05) is 60.7 Å². The normalized spacial score (nSPS) is 11.1. The number of methoxy groups -OCH3 is 1. The molecule has 0 spiro atoms. The highest BCUT2D eigenvalue weighted by Gasteiger charge is 2.14. The number of fused-ring (bicyclic) bond motifs is 1. The van der Waals surface area contributed by atoms with E-state index in [2.05, 4.69) is 39.4 Å². The van der Waals surface area contributed by atoms with E-state index in [9.17, 15) is 10.1 Å². The van der Waals surface area contributed by atoms with E-state index in [0.29, 0.717) is 34.7 Å². The van der Waals surface area contributed by atoms with E-state index in [0.717, 1.165) is 21.9 Å². The highest BCUT2D eigenvalue weighted by Crippen LogP contribution is 2.38. The van der Waals surface area contributed by atoms with E-state index >= 15 is 0 Å². The van der Waals surface area contributed by atoms with E-state index in [4.69, 9.17) is 9.47 Å². The minimum absolute atomic E-state index is 0.000641. The van der Waals surface area contributed by atoms with Crippen LogP contribution in [-0.4, -0.2) is 13.0 Å². The molecule has 0 aliphatic heterocycles. The Bertz CT molecular complexity index is 1420. The Kier molecular flexibility index (Phi) is 7.81. The molecule has 35 heavy (non-hydrogen) atoms. The van der Waals surface area contributed by atoms with Gasteiger partial charge >= 0.3 is 0 Å². The fourth-order valence-electron chi connectivity index (χ4n) is 3.72. The number of benzene rings is 4. The Labute approximate surface area is 212 Å². The highest BCUT2D eigenvalue weighted by molar-refractivity contribution is 9.10. The maximum absolute atomic E-state index is 12.6. The average Bonchev–Trinajstić information content (AvgIpc) is 2.90. The van der Waals surface area contributed by atoms with Crippen molar-refractivity contribution in [3.63, 3.8) is 0 Å². The lowest BCUT2D eigenvalue weighted by molar-refractivity contribution is -0.117. The third-order valence-electron chi connectivity index (χ3n) is 5.48. The largest absolute Gasteiger partial charge is 0.493 e. The Morgan fingerprint density at radius 2 is 1.77 bits per heavy atom. The molecular weight excluding hydrogens is 504 g/mol. The summed E-state index contributed by atoms with van der Waals surface area (Å²) in [5.41, 5.74) is 2.65. The molecule has 0 atom stereocenters. The van der Waals surface area contributed by atoms with Crippen molar-refractivity contribution >= 4 is 38.7 Å². The molecule has 0 fully saturated rings. The van der Waals surface area contributed by atoms with Gasteiger partial charge in [-0.25, -0.2) is 0 Å². The first kappa shape index (κ1) is 24.1. The maximum Gasteiger partial charge on any atom is 0.262 e. The molecule has 4 aromatic rings. The number of nitrogens with one attached hydrogen (secondary N) is 1. The Balaban J connectivity index is 1.53. The molecule has 0 radical (unpaired) electrons. The van der Waals surface area contributed by atoms with Crippen LogP contribution in [0.5, 0.6) is 11.5 Å². The Morgan fingerprint density at radius 1 is 1.03 bits per heavy atom. The molecule has 5 nitrogen and oxygen atoms in total. The predicted octanol–water partition coefficient (Wildman–Crippen LogP) is 6.41. The minimum Gasteiger partial charge on any atom is -0.493 e. The van der Waals surface area contributed by atoms with Gasteiger partial charge in [-0.1, -0.05) is 72.8 Å². The van der Waals surface area contributed by atoms with Crippen molar-refractivity contribution in [1.82, 2.24) is 5.32 Å². The molecular formula is C29H23BrN2O3. The minimum atomic E-state index is -0.442. The topological polar surface area (TPSA) is 71.3 Å². The first-order chi connectivity index (χ1) is 17.1. The molecule has 1 N–H and O–H groups in total. The standard InChI is InChI=1S/C29H23BrN2O3/c1-34-27-16-21(14-24(17-31)29(33)32-18-20-8-3-2-4-9-20)15-26(30)28(27)35-19-23-12-7-11-22-10-5-6-13-25(22)23/h2-16H,18-19H2,1H3,(H,32,33)/b24-14-. The number of halogens is 1. The van der Waals surface area contributed by atoms with Crippen LogP contribution in [0.15, 0.2) is 95.0 Å². The lowest BCUT2D eigenvalue weighted by Crippen LogP contribution is -2.23. The van der Waals surface area contributed by atoms with Crippen LogP contribution in [0, 0.1) is 11.3 Å². The third-order valence-corrected chi connectivity index (χ3v) is 6.06. The van der Waals surface area contributed by atoms with Crippen LogP contribution in [0.25, 0.3) is 16.8 Å². The number of carbonyl (C=O) groups excluding carboxylic acids is 1. The molecule has 4 aromatic carbocycles. The van der Waals surface area contributed by atoms with Crippen molar-refractivity contribution < 1.29 is 14.3 Å². The molecule has 4 rings (SSSR count). The van der Waals surface area contributed by atoms with Gasteiger partial charge in [0, 0.05) is 6.54 Å². The van der Waals surface area contributed by atoms with Crippen molar-refractivity contribution in [3.05, 3.63) is 112 Å². The van der Waals surface area contributed by atoms with Crippen molar-refractivity contribution in [2.75, 3.05) is 7.11 Å². The van der Waals surface area contributed by atoms with Gasteiger partial charge in [-0.2, -0.15) is 5.26 Å². The summed E-state index contributed by atoms with van der Waals surface area (Å²) in [6, 6.07) is 29.3. The van der Waals surface area contributed by atoms with Crippen LogP contribution in [0.2, 0.25) is 0 Å². The van der Waals surface area contributed by atoms with Crippen LogP contribution >= 0.6 is 15.9 Å². The number of hydrogen-bond acceptors (Lipinski definition) is 4. The number of hydrogen-bond donors (Lipinski definition) is 1. The highest BCUT2D eigenvalue weighted by atomic mass is 79.9. The summed E-state index contributed by atoms with van der Waals surface area (Å²) in [5.74, 6) is 0.597. The summed E-state index contributed by atoms with van der Waals surface area (Å²) in [6.45, 7) is 0.698. The second-order valence-corrected chi connectivity index (χ2v) is 8.65. The fraction of sp³-hybridized carbons (Fsp3) is 0.103. The first-order valence-corrected chi connectivity index (χ1v) is 11.8. The molecule has 0 saturated carbocycles. The lowest BCUT2D eigenvalue weighted by Gasteiger charge is -2.15. The quantitative estimate of drug-likeness (QED) is 0.212. The molecule has 1 amide bonds. The molecule has 0 aliphatic rings. The SMILES string of the molecule is COc1cc(/C=C(/C#N)C(=O)NCc2ccccc2)cc(Br)c1OCc1cccc2ccccc12. The molecule has 174 valence electrons. The maximum atomic E-state index is 12.6. The molecule has 0 aromatic heterocycles. The predicted molar refractivity (Wildman–Crippen MR) is 141 cm³/mol. The fourth-order valence-corrected chi connectivity index (χ4v) is 4.29. The smallest absolute Gasteiger partial charge is 0.262 e. The number of carbonyl (C=O) groups is 1. The van der Waals surface area contributed by atoms with Gasteiger partial charge in [0.2, 0.25) is 0 Å². The molecule has 6 heteroatoms. The van der Waals surface area contributed by atoms with E-state index in [1.165, 1.54) is 6.08 Å². The van der Waals surface area contributed by atoms with Crippen LogP contribution in [0.1, 0.15) is 16.7 Å². The second-order valence-electron chi connectivity index (χ2n) is 7.80. The lowest BCUT2D eigenvalue weighted by atomic mass is 10.1. The van der Waals surface area contributed by atoms with Crippen molar-refractivity contribution in [2.24, 2.45) is 0 Å². The van der Waals surface area contributed by atoms with Gasteiger partial charge in [-0.15, -0.1) is 0 Å². The molecule has 0 bridgehead atoms. The number of nitrogens with zero attached hydrogens (tertiary/aromatic N) is 1. The van der Waals surface area contributed by atoms with Gasteiger partial charge in [0.15, 0.2) is 11.5 Å². The summed E-state index contributed by atoms with van der Waals surface area (Å²) < 4.78 is 12.4. The van der Waals surface area contributed by atoms with Crippen molar-refractivity contribution in [2.45, 2.75) is 13.2 Å². The van der Waals surface area contributed by atoms with Crippen LogP contribution < -0.4 is 14.8 Å². The van der Waals surface area contributed by atoms with Gasteiger partial charge in [0.1, 0.15) is 18.2 Å². The van der Waals surface area contributed by atoms with Crippen LogP contribution in [0.4, 0.5) is 0 Å². The summed E-state index contributed by atoms with van der Waals surface area (Å²) in [4.78, 5) is 12.6. The van der Waals surface area contributed by atoms with E-state index < -0.39 is 5.91 Å². The van der Waals surface area contributed by atoms with Gasteiger partial charge in [-0.3, -0.25) is 4.79 Å². The number of nitriles is 1. The summed E-state index contributed by atoms with van der Waals surface area (Å²) in [5, 5.41) is 14.6. The Morgan fingerprint density at radius 3 is 2.54 bits per heavy atom. The molecule has 0 aliphatic carbocycles. The zero-order valence-corrected chi connectivity index (χ0v) is 20.7. The third kappa shape index (κ3) is 5.89.